The lowest BCUT2D eigenvalue weighted by Gasteiger charge is -2.31. The molecule has 1 aromatic heterocycles. The Bertz CT molecular complexity index is 1300. The predicted molar refractivity (Wildman–Crippen MR) is 144 cm³/mol. The molecule has 9 nitrogen and oxygen atoms in total. The van der Waals surface area contributed by atoms with Gasteiger partial charge in [-0.3, -0.25) is 25.2 Å². The smallest absolute Gasteiger partial charge is 0.289 e. The summed E-state index contributed by atoms with van der Waals surface area (Å²) in [6.45, 7) is 5.29. The number of carbonyl (C=O) groups is 3. The topological polar surface area (TPSA) is 110 Å². The molecule has 200 valence electrons. The molecule has 10 heteroatoms. The van der Waals surface area contributed by atoms with Gasteiger partial charge < -0.3 is 14.4 Å². The summed E-state index contributed by atoms with van der Waals surface area (Å²) in [6.07, 6.45) is 1.63. The van der Waals surface area contributed by atoms with Gasteiger partial charge in [-0.25, -0.2) is 4.98 Å². The summed E-state index contributed by atoms with van der Waals surface area (Å²) in [5, 5.41) is 2.55. The molecule has 2 aromatic carbocycles. The van der Waals surface area contributed by atoms with Crippen molar-refractivity contribution >= 4 is 29.1 Å². The summed E-state index contributed by atoms with van der Waals surface area (Å²) >= 11 is 1.42. The molecule has 1 fully saturated rings. The van der Waals surface area contributed by atoms with E-state index in [4.69, 9.17) is 9.47 Å². The van der Waals surface area contributed by atoms with Gasteiger partial charge in [0.15, 0.2) is 6.61 Å². The Kier molecular flexibility index (Phi) is 8.96. The minimum Gasteiger partial charge on any atom is -0.497 e. The number of hydrogen-bond acceptors (Lipinski definition) is 7. The Morgan fingerprint density at radius 3 is 2.55 bits per heavy atom. The van der Waals surface area contributed by atoms with Crippen molar-refractivity contribution in [3.63, 3.8) is 0 Å². The predicted octanol–water partition coefficient (Wildman–Crippen LogP) is 3.56. The highest BCUT2D eigenvalue weighted by Crippen LogP contribution is 2.30. The van der Waals surface area contributed by atoms with Crippen LogP contribution in [0.3, 0.4) is 0 Å². The third-order valence-corrected chi connectivity index (χ3v) is 7.61. The summed E-state index contributed by atoms with van der Waals surface area (Å²) in [4.78, 5) is 43.7. The highest BCUT2D eigenvalue weighted by atomic mass is 32.1. The van der Waals surface area contributed by atoms with Crippen LogP contribution in [0.1, 0.15) is 50.9 Å². The van der Waals surface area contributed by atoms with Crippen molar-refractivity contribution in [1.29, 1.82) is 0 Å². The van der Waals surface area contributed by atoms with Gasteiger partial charge in [-0.2, -0.15) is 0 Å². The number of likely N-dealkylation sites (tertiary alicyclic amines) is 1. The highest BCUT2D eigenvalue weighted by Gasteiger charge is 2.26. The molecule has 3 aromatic rings. The van der Waals surface area contributed by atoms with Crippen molar-refractivity contribution < 1.29 is 23.9 Å². The van der Waals surface area contributed by atoms with Gasteiger partial charge in [-0.05, 0) is 67.6 Å². The maximum atomic E-state index is 12.6. The maximum Gasteiger partial charge on any atom is 0.289 e. The van der Waals surface area contributed by atoms with Crippen molar-refractivity contribution in [2.24, 2.45) is 0 Å². The van der Waals surface area contributed by atoms with E-state index in [1.54, 1.807) is 30.7 Å². The van der Waals surface area contributed by atoms with Gasteiger partial charge >= 0.3 is 0 Å². The molecule has 0 atom stereocenters. The van der Waals surface area contributed by atoms with Crippen LogP contribution in [0.5, 0.6) is 11.5 Å². The number of nitrogens with one attached hydrogen (secondary N) is 2. The van der Waals surface area contributed by atoms with E-state index in [2.05, 4.69) is 15.8 Å². The van der Waals surface area contributed by atoms with Gasteiger partial charge in [0, 0.05) is 24.4 Å². The van der Waals surface area contributed by atoms with Gasteiger partial charge in [0.2, 0.25) is 5.91 Å². The van der Waals surface area contributed by atoms with E-state index in [1.165, 1.54) is 16.9 Å². The van der Waals surface area contributed by atoms with Crippen LogP contribution < -0.4 is 20.3 Å². The van der Waals surface area contributed by atoms with E-state index in [0.29, 0.717) is 24.6 Å². The molecule has 1 aliphatic heterocycles. The molecule has 0 saturated carbocycles. The Balaban J connectivity index is 1.21. The van der Waals surface area contributed by atoms with Crippen LogP contribution in [0.4, 0.5) is 0 Å². The zero-order valence-corrected chi connectivity index (χ0v) is 22.6. The van der Waals surface area contributed by atoms with Crippen LogP contribution in [-0.2, 0) is 16.0 Å². The lowest BCUT2D eigenvalue weighted by atomic mass is 9.97. The second kappa shape index (κ2) is 12.6. The van der Waals surface area contributed by atoms with Gasteiger partial charge in [0.1, 0.15) is 17.2 Å². The molecule has 4 rings (SSSR count). The Morgan fingerprint density at radius 1 is 1.03 bits per heavy atom. The fraction of sp³-hybridized carbons (Fsp3) is 0.357. The van der Waals surface area contributed by atoms with E-state index in [9.17, 15) is 14.4 Å². The molecule has 1 aliphatic rings. The van der Waals surface area contributed by atoms with Crippen molar-refractivity contribution in [2.75, 3.05) is 26.8 Å². The fourth-order valence-corrected chi connectivity index (χ4v) is 5.17. The van der Waals surface area contributed by atoms with Crippen LogP contribution in [0, 0.1) is 13.8 Å². The number of rotatable bonds is 8. The SMILES string of the molecule is COc1cccc(CC(=O)NNC(=O)c2csc(C3CCN(C(=O)COc4ccc(C)c(C)c4)CC3)n2)c1. The summed E-state index contributed by atoms with van der Waals surface area (Å²) in [6, 6.07) is 13.0. The number of benzene rings is 2. The van der Waals surface area contributed by atoms with E-state index in [0.717, 1.165) is 29.0 Å². The normalized spacial score (nSPS) is 13.6. The quantitative estimate of drug-likeness (QED) is 0.426. The number of aromatic nitrogens is 1. The van der Waals surface area contributed by atoms with Crippen molar-refractivity contribution in [2.45, 2.75) is 39.0 Å². The number of carbonyl (C=O) groups excluding carboxylic acids is 3. The lowest BCUT2D eigenvalue weighted by molar-refractivity contribution is -0.134. The third-order valence-electron chi connectivity index (χ3n) is 6.61. The molecular weight excluding hydrogens is 504 g/mol. The summed E-state index contributed by atoms with van der Waals surface area (Å²) < 4.78 is 10.9. The molecule has 0 radical (unpaired) electrons. The Morgan fingerprint density at radius 2 is 1.82 bits per heavy atom. The molecule has 0 unspecified atom stereocenters. The highest BCUT2D eigenvalue weighted by molar-refractivity contribution is 7.09. The number of piperidine rings is 1. The molecule has 38 heavy (non-hydrogen) atoms. The molecule has 2 heterocycles. The second-order valence-electron chi connectivity index (χ2n) is 9.29. The number of hydrogen-bond donors (Lipinski definition) is 2. The average molecular weight is 537 g/mol. The first-order valence-electron chi connectivity index (χ1n) is 12.5. The number of amides is 3. The number of aryl methyl sites for hydroxylation is 2. The molecule has 0 bridgehead atoms. The average Bonchev–Trinajstić information content (AvgIpc) is 3.43. The second-order valence-corrected chi connectivity index (χ2v) is 10.2. The molecule has 1 saturated heterocycles. The molecular formula is C28H32N4O5S. The van der Waals surface area contributed by atoms with Gasteiger partial charge in [-0.1, -0.05) is 18.2 Å². The first kappa shape index (κ1) is 27.1. The molecule has 3 amide bonds. The van der Waals surface area contributed by atoms with Crippen molar-refractivity contribution in [3.05, 3.63) is 75.2 Å². The maximum absolute atomic E-state index is 12.6. The number of methoxy groups -OCH3 is 1. The fourth-order valence-electron chi connectivity index (χ4n) is 4.20. The number of hydrazine groups is 1. The minimum atomic E-state index is -0.470. The Labute approximate surface area is 226 Å². The number of thiazole rings is 1. The summed E-state index contributed by atoms with van der Waals surface area (Å²) in [7, 11) is 1.56. The van der Waals surface area contributed by atoms with Crippen molar-refractivity contribution in [3.8, 4) is 11.5 Å². The largest absolute Gasteiger partial charge is 0.497 e. The number of ether oxygens (including phenoxy) is 2. The van der Waals surface area contributed by atoms with Crippen molar-refractivity contribution in [1.82, 2.24) is 20.7 Å². The van der Waals surface area contributed by atoms with Gasteiger partial charge in [0.05, 0.1) is 18.5 Å². The lowest BCUT2D eigenvalue weighted by Crippen LogP contribution is -2.42. The van der Waals surface area contributed by atoms with Crippen LogP contribution in [0.2, 0.25) is 0 Å². The van der Waals surface area contributed by atoms with Crippen LogP contribution in [0.25, 0.3) is 0 Å². The summed E-state index contributed by atoms with van der Waals surface area (Å²) in [5.41, 5.74) is 8.20. The van der Waals surface area contributed by atoms with Gasteiger partial charge in [-0.15, -0.1) is 11.3 Å². The Hall–Kier alpha value is -3.92. The zero-order chi connectivity index (χ0) is 27.1. The summed E-state index contributed by atoms with van der Waals surface area (Å²) in [5.74, 6) is 0.680. The number of nitrogens with zero attached hydrogens (tertiary/aromatic N) is 2. The molecule has 0 spiro atoms. The van der Waals surface area contributed by atoms with E-state index in [1.807, 2.05) is 43.0 Å². The van der Waals surface area contributed by atoms with E-state index in [-0.39, 0.29) is 36.5 Å². The van der Waals surface area contributed by atoms with Gasteiger partial charge in [0.25, 0.3) is 11.8 Å². The first-order chi connectivity index (χ1) is 18.3. The minimum absolute atomic E-state index is 0.0122. The van der Waals surface area contributed by atoms with Crippen LogP contribution in [-0.4, -0.2) is 54.4 Å². The standard InChI is InChI=1S/C28H32N4O5S/c1-18-7-8-23(13-19(18)2)37-16-26(34)32-11-9-21(10-12-32)28-29-24(17-38-28)27(35)31-30-25(33)15-20-5-4-6-22(14-20)36-3/h4-8,13-14,17,21H,9-12,15-16H2,1-3H3,(H,30,33)(H,31,35). The third kappa shape index (κ3) is 7.10. The monoisotopic (exact) mass is 536 g/mol. The zero-order valence-electron chi connectivity index (χ0n) is 21.8. The molecule has 0 aliphatic carbocycles. The van der Waals surface area contributed by atoms with E-state index < -0.39 is 5.91 Å². The van der Waals surface area contributed by atoms with Crippen LogP contribution in [0.15, 0.2) is 47.8 Å². The first-order valence-corrected chi connectivity index (χ1v) is 13.4. The molecule has 2 N–H and O–H groups in total. The van der Waals surface area contributed by atoms with E-state index >= 15 is 0 Å². The van der Waals surface area contributed by atoms with Crippen LogP contribution >= 0.6 is 11.3 Å².